The van der Waals surface area contributed by atoms with Gasteiger partial charge >= 0.3 is 11.9 Å². The van der Waals surface area contributed by atoms with E-state index in [1.807, 2.05) is 12.2 Å². The number of aliphatic carboxylic acids is 1. The average Bonchev–Trinajstić information content (AvgIpc) is 2.37. The molecule has 19 heavy (non-hydrogen) atoms. The number of esters is 1. The fourth-order valence-corrected chi connectivity index (χ4v) is 1.59. The highest BCUT2D eigenvalue weighted by atomic mass is 16.6. The second kappa shape index (κ2) is 8.26. The molecular formula is C14H18O5. The van der Waals surface area contributed by atoms with Gasteiger partial charge in [0.1, 0.15) is 0 Å². The molecule has 5 nitrogen and oxygen atoms in total. The molecule has 1 rings (SSSR count). The predicted molar refractivity (Wildman–Crippen MR) is 69.4 cm³/mol. The minimum Gasteiger partial charge on any atom is -0.479 e. The number of aliphatic hydroxyl groups excluding tert-OH is 1. The summed E-state index contributed by atoms with van der Waals surface area (Å²) in [5.41, 5.74) is 0. The number of carbonyl (C=O) groups excluding carboxylic acids is 1. The Morgan fingerprint density at radius 2 is 2.05 bits per heavy atom. The van der Waals surface area contributed by atoms with E-state index in [4.69, 9.17) is 9.84 Å². The van der Waals surface area contributed by atoms with Gasteiger partial charge in [0.2, 0.25) is 0 Å². The lowest BCUT2D eigenvalue weighted by Gasteiger charge is -2.12. The molecule has 1 aliphatic heterocycles. The van der Waals surface area contributed by atoms with Gasteiger partial charge in [0.05, 0.1) is 6.10 Å². The standard InChI is InChI=1S/C14H18O5/c15-11-7-5-3-1-2-4-6-8-12(14(17)18)19-13(16)10-9-11/h1-2,5,7,9-12,15H,3-4,6,8H2,(H,17,18). The summed E-state index contributed by atoms with van der Waals surface area (Å²) >= 11 is 0. The van der Waals surface area contributed by atoms with E-state index in [1.165, 1.54) is 6.08 Å². The average molecular weight is 266 g/mol. The van der Waals surface area contributed by atoms with Crippen LogP contribution in [0.2, 0.25) is 0 Å². The zero-order chi connectivity index (χ0) is 14.1. The van der Waals surface area contributed by atoms with Crippen molar-refractivity contribution in [1.29, 1.82) is 0 Å². The van der Waals surface area contributed by atoms with Crippen molar-refractivity contribution in [2.24, 2.45) is 0 Å². The van der Waals surface area contributed by atoms with E-state index in [1.54, 1.807) is 12.2 Å². The molecule has 2 N–H and O–H groups in total. The lowest BCUT2D eigenvalue weighted by Crippen LogP contribution is -2.26. The zero-order valence-corrected chi connectivity index (χ0v) is 10.6. The van der Waals surface area contributed by atoms with Gasteiger partial charge in [-0.05, 0) is 31.8 Å². The van der Waals surface area contributed by atoms with E-state index in [2.05, 4.69) is 0 Å². The molecule has 2 unspecified atom stereocenters. The normalized spacial score (nSPS) is 25.6. The number of carbonyl (C=O) groups is 2. The Hall–Kier alpha value is -1.88. The second-order valence-electron chi connectivity index (χ2n) is 4.18. The highest BCUT2D eigenvalue weighted by Gasteiger charge is 2.20. The molecule has 0 saturated heterocycles. The van der Waals surface area contributed by atoms with Gasteiger partial charge in [0, 0.05) is 6.08 Å². The van der Waals surface area contributed by atoms with E-state index in [0.29, 0.717) is 12.8 Å². The van der Waals surface area contributed by atoms with Crippen LogP contribution >= 0.6 is 0 Å². The molecule has 0 saturated carbocycles. The number of hydrogen-bond acceptors (Lipinski definition) is 4. The first-order chi connectivity index (χ1) is 9.09. The van der Waals surface area contributed by atoms with E-state index in [0.717, 1.165) is 12.5 Å². The van der Waals surface area contributed by atoms with Crippen LogP contribution in [-0.4, -0.2) is 34.4 Å². The molecule has 1 heterocycles. The number of rotatable bonds is 1. The summed E-state index contributed by atoms with van der Waals surface area (Å²) in [4.78, 5) is 22.3. The largest absolute Gasteiger partial charge is 0.479 e. The Bertz CT molecular complexity index is 395. The van der Waals surface area contributed by atoms with Gasteiger partial charge in [-0.2, -0.15) is 0 Å². The van der Waals surface area contributed by atoms with Crippen LogP contribution in [0, 0.1) is 0 Å². The number of ether oxygens (including phenoxy) is 1. The molecule has 0 aromatic rings. The van der Waals surface area contributed by atoms with Gasteiger partial charge in [-0.3, -0.25) is 0 Å². The molecule has 0 fully saturated rings. The van der Waals surface area contributed by atoms with Crippen molar-refractivity contribution in [2.45, 2.75) is 37.9 Å². The predicted octanol–water partition coefficient (Wildman–Crippen LogP) is 1.59. The van der Waals surface area contributed by atoms with Crippen molar-refractivity contribution in [2.75, 3.05) is 0 Å². The molecule has 0 amide bonds. The SMILES string of the molecule is O=C1C=CC(O)C=CCC=CCCCC(C(=O)O)O1. The molecule has 5 heteroatoms. The van der Waals surface area contributed by atoms with Crippen LogP contribution in [0.25, 0.3) is 0 Å². The summed E-state index contributed by atoms with van der Waals surface area (Å²) in [5.74, 6) is -1.91. The number of carboxylic acids is 1. The van der Waals surface area contributed by atoms with Crippen LogP contribution in [0.15, 0.2) is 36.5 Å². The molecular weight excluding hydrogens is 248 g/mol. The maximum atomic E-state index is 11.4. The molecule has 0 aliphatic carbocycles. The first-order valence-corrected chi connectivity index (χ1v) is 6.21. The molecule has 104 valence electrons. The maximum Gasteiger partial charge on any atom is 0.345 e. The number of cyclic esters (lactones) is 1. The Morgan fingerprint density at radius 3 is 2.79 bits per heavy atom. The smallest absolute Gasteiger partial charge is 0.345 e. The van der Waals surface area contributed by atoms with Gasteiger partial charge in [0.15, 0.2) is 6.10 Å². The third kappa shape index (κ3) is 6.57. The van der Waals surface area contributed by atoms with E-state index < -0.39 is 24.1 Å². The van der Waals surface area contributed by atoms with E-state index in [-0.39, 0.29) is 6.42 Å². The highest BCUT2D eigenvalue weighted by molar-refractivity contribution is 5.85. The Kier molecular flexibility index (Phi) is 6.60. The lowest BCUT2D eigenvalue weighted by molar-refractivity contribution is -0.161. The highest BCUT2D eigenvalue weighted by Crippen LogP contribution is 2.08. The summed E-state index contributed by atoms with van der Waals surface area (Å²) in [7, 11) is 0. The van der Waals surface area contributed by atoms with Crippen molar-refractivity contribution in [3.05, 3.63) is 36.5 Å². The van der Waals surface area contributed by atoms with Crippen molar-refractivity contribution >= 4 is 11.9 Å². The van der Waals surface area contributed by atoms with Crippen molar-refractivity contribution < 1.29 is 24.5 Å². The summed E-state index contributed by atoms with van der Waals surface area (Å²) in [6.07, 6.45) is 9.85. The third-order valence-corrected chi connectivity index (χ3v) is 2.57. The summed E-state index contributed by atoms with van der Waals surface area (Å²) in [6.45, 7) is 0. The molecule has 0 bridgehead atoms. The Balaban J connectivity index is 2.72. The summed E-state index contributed by atoms with van der Waals surface area (Å²) in [5, 5.41) is 18.4. The fraction of sp³-hybridized carbons (Fsp3) is 0.429. The summed E-state index contributed by atoms with van der Waals surface area (Å²) in [6, 6.07) is 0. The number of carboxylic acid groups (broad SMARTS) is 1. The maximum absolute atomic E-state index is 11.4. The minimum atomic E-state index is -1.15. The first kappa shape index (κ1) is 15.2. The number of aliphatic hydroxyl groups is 1. The van der Waals surface area contributed by atoms with E-state index in [9.17, 15) is 14.7 Å². The van der Waals surface area contributed by atoms with Gasteiger partial charge in [-0.15, -0.1) is 0 Å². The van der Waals surface area contributed by atoms with Crippen LogP contribution in [0.3, 0.4) is 0 Å². The Morgan fingerprint density at radius 1 is 1.26 bits per heavy atom. The van der Waals surface area contributed by atoms with Crippen LogP contribution in [0.5, 0.6) is 0 Å². The van der Waals surface area contributed by atoms with Crippen molar-refractivity contribution in [1.82, 2.24) is 0 Å². The number of hydrogen-bond donors (Lipinski definition) is 2. The van der Waals surface area contributed by atoms with Crippen LogP contribution in [-0.2, 0) is 14.3 Å². The Labute approximate surface area is 111 Å². The molecule has 1 aliphatic rings. The third-order valence-electron chi connectivity index (χ3n) is 2.57. The molecule has 2 atom stereocenters. The molecule has 0 spiro atoms. The second-order valence-corrected chi connectivity index (χ2v) is 4.18. The zero-order valence-electron chi connectivity index (χ0n) is 10.6. The quantitative estimate of drug-likeness (QED) is 0.556. The van der Waals surface area contributed by atoms with Crippen LogP contribution in [0.1, 0.15) is 25.7 Å². The fourth-order valence-electron chi connectivity index (χ4n) is 1.59. The van der Waals surface area contributed by atoms with Crippen LogP contribution < -0.4 is 0 Å². The lowest BCUT2D eigenvalue weighted by atomic mass is 10.1. The summed E-state index contributed by atoms with van der Waals surface area (Å²) < 4.78 is 4.82. The topological polar surface area (TPSA) is 83.8 Å². The van der Waals surface area contributed by atoms with E-state index >= 15 is 0 Å². The monoisotopic (exact) mass is 266 g/mol. The van der Waals surface area contributed by atoms with Gasteiger partial charge < -0.3 is 14.9 Å². The van der Waals surface area contributed by atoms with Gasteiger partial charge in [-0.1, -0.05) is 24.3 Å². The van der Waals surface area contributed by atoms with Crippen LogP contribution in [0.4, 0.5) is 0 Å². The van der Waals surface area contributed by atoms with Gasteiger partial charge in [0.25, 0.3) is 0 Å². The number of allylic oxidation sites excluding steroid dienone is 3. The minimum absolute atomic E-state index is 0.275. The van der Waals surface area contributed by atoms with Crippen molar-refractivity contribution in [3.63, 3.8) is 0 Å². The van der Waals surface area contributed by atoms with Gasteiger partial charge in [-0.25, -0.2) is 9.59 Å². The molecule has 0 aromatic heterocycles. The molecule has 0 aromatic carbocycles. The molecule has 0 radical (unpaired) electrons. The first-order valence-electron chi connectivity index (χ1n) is 6.21. The van der Waals surface area contributed by atoms with Crippen molar-refractivity contribution in [3.8, 4) is 0 Å².